The fourth-order valence-electron chi connectivity index (χ4n) is 1.38. The van der Waals surface area contributed by atoms with E-state index in [1.807, 2.05) is 13.8 Å². The summed E-state index contributed by atoms with van der Waals surface area (Å²) in [7, 11) is 0. The second-order valence-corrected chi connectivity index (χ2v) is 4.74. The minimum Gasteiger partial charge on any atom is -0.397 e. The van der Waals surface area contributed by atoms with Crippen LogP contribution < -0.4 is 11.1 Å². The Kier molecular flexibility index (Phi) is 3.99. The topological polar surface area (TPSA) is 58.3 Å². The Labute approximate surface area is 99.4 Å². The van der Waals surface area contributed by atoms with Gasteiger partial charge in [-0.25, -0.2) is 4.39 Å². The molecule has 0 aliphatic carbocycles. The van der Waals surface area contributed by atoms with E-state index in [0.29, 0.717) is 17.8 Å². The number of nitrogens with one attached hydrogen (secondary N) is 1. The summed E-state index contributed by atoms with van der Waals surface area (Å²) in [6.07, 6.45) is 0.538. The first-order valence-electron chi connectivity index (χ1n) is 4.99. The molecular formula is C11H16ClFN2O. The van der Waals surface area contributed by atoms with E-state index >= 15 is 0 Å². The summed E-state index contributed by atoms with van der Waals surface area (Å²) in [5.74, 6) is -0.516. The molecule has 5 heteroatoms. The largest absolute Gasteiger partial charge is 0.397 e. The van der Waals surface area contributed by atoms with Crippen molar-refractivity contribution >= 4 is 23.0 Å². The van der Waals surface area contributed by atoms with Crippen LogP contribution in [0.15, 0.2) is 12.1 Å². The highest BCUT2D eigenvalue weighted by Crippen LogP contribution is 2.29. The number of benzene rings is 1. The second kappa shape index (κ2) is 4.89. The van der Waals surface area contributed by atoms with Crippen LogP contribution >= 0.6 is 11.6 Å². The van der Waals surface area contributed by atoms with Crippen molar-refractivity contribution in [1.29, 1.82) is 0 Å². The maximum Gasteiger partial charge on any atom is 0.143 e. The first-order valence-corrected chi connectivity index (χ1v) is 5.37. The molecule has 3 nitrogen and oxygen atoms in total. The fourth-order valence-corrected chi connectivity index (χ4v) is 1.55. The van der Waals surface area contributed by atoms with Crippen LogP contribution in [0.3, 0.4) is 0 Å². The minimum absolute atomic E-state index is 0.00279. The van der Waals surface area contributed by atoms with Gasteiger partial charge in [-0.15, -0.1) is 0 Å². The molecule has 0 saturated heterocycles. The Balaban J connectivity index is 2.93. The molecule has 16 heavy (non-hydrogen) atoms. The van der Waals surface area contributed by atoms with Crippen LogP contribution in [0, 0.1) is 5.82 Å². The predicted octanol–water partition coefficient (Wildman–Crippen LogP) is 2.63. The van der Waals surface area contributed by atoms with Gasteiger partial charge in [0.2, 0.25) is 0 Å². The summed E-state index contributed by atoms with van der Waals surface area (Å²) in [4.78, 5) is 0. The van der Waals surface area contributed by atoms with E-state index in [2.05, 4.69) is 5.32 Å². The Morgan fingerprint density at radius 1 is 1.50 bits per heavy atom. The number of aliphatic hydroxyl groups excluding tert-OH is 1. The van der Waals surface area contributed by atoms with Crippen LogP contribution in [0.5, 0.6) is 0 Å². The third-order valence-corrected chi connectivity index (χ3v) is 2.59. The van der Waals surface area contributed by atoms with Crippen molar-refractivity contribution in [3.63, 3.8) is 0 Å². The third kappa shape index (κ3) is 3.25. The zero-order valence-electron chi connectivity index (χ0n) is 9.35. The molecule has 0 unspecified atom stereocenters. The number of hydrogen-bond acceptors (Lipinski definition) is 3. The van der Waals surface area contributed by atoms with E-state index in [9.17, 15) is 4.39 Å². The number of aliphatic hydroxyl groups is 1. The van der Waals surface area contributed by atoms with Crippen molar-refractivity contribution in [2.24, 2.45) is 0 Å². The van der Waals surface area contributed by atoms with Gasteiger partial charge < -0.3 is 16.2 Å². The fraction of sp³-hybridized carbons (Fsp3) is 0.455. The van der Waals surface area contributed by atoms with Gasteiger partial charge in [-0.05, 0) is 26.3 Å². The van der Waals surface area contributed by atoms with Crippen molar-refractivity contribution in [2.75, 3.05) is 17.7 Å². The highest BCUT2D eigenvalue weighted by Gasteiger charge is 2.18. The Morgan fingerprint density at radius 3 is 2.69 bits per heavy atom. The van der Waals surface area contributed by atoms with Gasteiger partial charge in [-0.3, -0.25) is 0 Å². The van der Waals surface area contributed by atoms with Gasteiger partial charge in [-0.1, -0.05) is 11.6 Å². The number of rotatable bonds is 4. The van der Waals surface area contributed by atoms with E-state index in [0.717, 1.165) is 0 Å². The molecule has 1 rings (SSSR count). The average molecular weight is 247 g/mol. The van der Waals surface area contributed by atoms with Crippen LogP contribution in [0.1, 0.15) is 20.3 Å². The van der Waals surface area contributed by atoms with E-state index in [1.54, 1.807) is 0 Å². The summed E-state index contributed by atoms with van der Waals surface area (Å²) in [5, 5.41) is 12.0. The molecule has 0 heterocycles. The van der Waals surface area contributed by atoms with Crippen molar-refractivity contribution in [1.82, 2.24) is 0 Å². The number of nitrogens with two attached hydrogens (primary N) is 1. The van der Waals surface area contributed by atoms with Gasteiger partial charge >= 0.3 is 0 Å². The molecule has 4 N–H and O–H groups in total. The lowest BCUT2D eigenvalue weighted by molar-refractivity contribution is 0.261. The summed E-state index contributed by atoms with van der Waals surface area (Å²) in [6.45, 7) is 3.85. The summed E-state index contributed by atoms with van der Waals surface area (Å²) < 4.78 is 13.2. The van der Waals surface area contributed by atoms with Crippen LogP contribution in [-0.2, 0) is 0 Å². The lowest BCUT2D eigenvalue weighted by Crippen LogP contribution is -2.32. The number of hydrogen-bond donors (Lipinski definition) is 3. The molecule has 1 aromatic carbocycles. The second-order valence-electron chi connectivity index (χ2n) is 4.34. The molecule has 90 valence electrons. The van der Waals surface area contributed by atoms with Crippen molar-refractivity contribution < 1.29 is 9.50 Å². The zero-order chi connectivity index (χ0) is 12.3. The molecule has 1 aromatic rings. The summed E-state index contributed by atoms with van der Waals surface area (Å²) in [6, 6.07) is 2.63. The van der Waals surface area contributed by atoms with Crippen molar-refractivity contribution in [2.45, 2.75) is 25.8 Å². The maximum atomic E-state index is 13.2. The van der Waals surface area contributed by atoms with Crippen molar-refractivity contribution in [3.8, 4) is 0 Å². The number of anilines is 2. The van der Waals surface area contributed by atoms with E-state index in [1.165, 1.54) is 12.1 Å². The predicted molar refractivity (Wildman–Crippen MR) is 65.2 cm³/mol. The SMILES string of the molecule is CC(C)(CCO)Nc1cc(F)c(Cl)cc1N. The first-order chi connectivity index (χ1) is 7.35. The molecule has 0 atom stereocenters. The molecule has 0 aromatic heterocycles. The van der Waals surface area contributed by atoms with Gasteiger partial charge in [0.05, 0.1) is 16.4 Å². The highest BCUT2D eigenvalue weighted by molar-refractivity contribution is 6.31. The highest BCUT2D eigenvalue weighted by atomic mass is 35.5. The molecule has 0 spiro atoms. The molecule has 0 amide bonds. The van der Waals surface area contributed by atoms with Gasteiger partial charge in [0.1, 0.15) is 5.82 Å². The molecule has 0 saturated carbocycles. The van der Waals surface area contributed by atoms with Gasteiger partial charge in [0, 0.05) is 18.2 Å². The zero-order valence-corrected chi connectivity index (χ0v) is 10.1. The number of nitrogen functional groups attached to an aromatic ring is 1. The number of halogens is 2. The molecule has 0 radical (unpaired) electrons. The average Bonchev–Trinajstić information content (AvgIpc) is 2.13. The standard InChI is InChI=1S/C11H16ClFN2O/c1-11(2,3-4-16)15-10-6-8(13)7(12)5-9(10)14/h5-6,15-16H,3-4,14H2,1-2H3. The Hall–Kier alpha value is -1.00. The van der Waals surface area contributed by atoms with Crippen molar-refractivity contribution in [3.05, 3.63) is 23.0 Å². The third-order valence-electron chi connectivity index (χ3n) is 2.30. The summed E-state index contributed by atoms with van der Waals surface area (Å²) in [5.41, 5.74) is 6.23. The first kappa shape index (κ1) is 13.1. The van der Waals surface area contributed by atoms with Gasteiger partial charge in [-0.2, -0.15) is 0 Å². The van der Waals surface area contributed by atoms with Crippen LogP contribution in [0.2, 0.25) is 5.02 Å². The normalized spacial score (nSPS) is 11.6. The van der Waals surface area contributed by atoms with Gasteiger partial charge in [0.25, 0.3) is 0 Å². The van der Waals surface area contributed by atoms with Gasteiger partial charge in [0.15, 0.2) is 0 Å². The summed E-state index contributed by atoms with van der Waals surface area (Å²) >= 11 is 5.60. The molecule has 0 aliphatic rings. The van der Waals surface area contributed by atoms with Crippen LogP contribution in [0.25, 0.3) is 0 Å². The molecule has 0 bridgehead atoms. The lowest BCUT2D eigenvalue weighted by atomic mass is 10.0. The van der Waals surface area contributed by atoms with Crippen LogP contribution in [0.4, 0.5) is 15.8 Å². The Morgan fingerprint density at radius 2 is 2.12 bits per heavy atom. The van der Waals surface area contributed by atoms with E-state index in [4.69, 9.17) is 22.4 Å². The van der Waals surface area contributed by atoms with E-state index in [-0.39, 0.29) is 17.2 Å². The molecule has 0 aliphatic heterocycles. The lowest BCUT2D eigenvalue weighted by Gasteiger charge is -2.27. The smallest absolute Gasteiger partial charge is 0.143 e. The molecule has 0 fully saturated rings. The maximum absolute atomic E-state index is 13.2. The van der Waals surface area contributed by atoms with E-state index < -0.39 is 5.82 Å². The van der Waals surface area contributed by atoms with Crippen LogP contribution in [-0.4, -0.2) is 17.3 Å². The Bertz CT molecular complexity index is 382. The minimum atomic E-state index is -0.516. The quantitative estimate of drug-likeness (QED) is 0.716. The monoisotopic (exact) mass is 246 g/mol. The molecular weight excluding hydrogens is 231 g/mol.